The third-order valence-corrected chi connectivity index (χ3v) is 4.87. The van der Waals surface area contributed by atoms with Gasteiger partial charge in [0.1, 0.15) is 11.6 Å². The zero-order valence-electron chi connectivity index (χ0n) is 11.6. The molecule has 0 aromatic heterocycles. The molecule has 1 aliphatic rings. The third-order valence-electron chi connectivity index (χ3n) is 3.86. The Morgan fingerprint density at radius 2 is 2.00 bits per heavy atom. The van der Waals surface area contributed by atoms with E-state index in [4.69, 9.17) is 9.88 Å². The van der Waals surface area contributed by atoms with Crippen molar-refractivity contribution >= 4 is 10.0 Å². The summed E-state index contributed by atoms with van der Waals surface area (Å²) in [6.45, 7) is 2.09. The van der Waals surface area contributed by atoms with Crippen LogP contribution in [0.25, 0.3) is 0 Å². The van der Waals surface area contributed by atoms with E-state index < -0.39 is 15.4 Å². The SMILES string of the molecule is Cc1ccc(F)cc1OCC1(CS(N)(=O)=O)CCCC1. The molecule has 0 atom stereocenters. The van der Waals surface area contributed by atoms with Crippen LogP contribution in [-0.4, -0.2) is 20.8 Å². The summed E-state index contributed by atoms with van der Waals surface area (Å²) in [6, 6.07) is 4.35. The van der Waals surface area contributed by atoms with Gasteiger partial charge < -0.3 is 4.74 Å². The van der Waals surface area contributed by atoms with Crippen molar-refractivity contribution in [3.63, 3.8) is 0 Å². The number of hydrogen-bond acceptors (Lipinski definition) is 3. The maximum absolute atomic E-state index is 13.2. The molecular formula is C14H20FNO3S. The fourth-order valence-electron chi connectivity index (χ4n) is 2.84. The van der Waals surface area contributed by atoms with Crippen LogP contribution < -0.4 is 9.88 Å². The topological polar surface area (TPSA) is 69.4 Å². The number of sulfonamides is 1. The maximum atomic E-state index is 13.2. The summed E-state index contributed by atoms with van der Waals surface area (Å²) in [5, 5.41) is 5.18. The molecule has 0 radical (unpaired) electrons. The Bertz CT molecular complexity index is 580. The van der Waals surface area contributed by atoms with Crippen LogP contribution in [0.3, 0.4) is 0 Å². The van der Waals surface area contributed by atoms with Crippen molar-refractivity contribution in [2.24, 2.45) is 10.6 Å². The van der Waals surface area contributed by atoms with Crippen molar-refractivity contribution in [2.45, 2.75) is 32.6 Å². The highest BCUT2D eigenvalue weighted by Gasteiger charge is 2.38. The van der Waals surface area contributed by atoms with E-state index in [-0.39, 0.29) is 18.2 Å². The number of benzene rings is 1. The second-order valence-electron chi connectivity index (χ2n) is 5.71. The lowest BCUT2D eigenvalue weighted by Gasteiger charge is -2.28. The Morgan fingerprint density at radius 3 is 2.60 bits per heavy atom. The molecule has 4 nitrogen and oxygen atoms in total. The molecule has 1 aromatic rings. The molecule has 2 N–H and O–H groups in total. The van der Waals surface area contributed by atoms with Gasteiger partial charge in [-0.3, -0.25) is 0 Å². The van der Waals surface area contributed by atoms with E-state index in [1.54, 1.807) is 6.07 Å². The molecule has 0 aliphatic heterocycles. The van der Waals surface area contributed by atoms with Crippen LogP contribution in [0.4, 0.5) is 4.39 Å². The van der Waals surface area contributed by atoms with Crippen LogP contribution in [0, 0.1) is 18.2 Å². The van der Waals surface area contributed by atoms with E-state index in [9.17, 15) is 12.8 Å². The Hall–Kier alpha value is -1.14. The Kier molecular flexibility index (Phi) is 4.34. The van der Waals surface area contributed by atoms with Gasteiger partial charge in [-0.2, -0.15) is 0 Å². The minimum atomic E-state index is -3.54. The Morgan fingerprint density at radius 1 is 1.35 bits per heavy atom. The number of primary sulfonamides is 1. The summed E-state index contributed by atoms with van der Waals surface area (Å²) in [5.41, 5.74) is 0.391. The molecule has 1 saturated carbocycles. The predicted octanol–water partition coefficient (Wildman–Crippen LogP) is 2.36. The minimum absolute atomic E-state index is 0.0750. The standard InChI is InChI=1S/C14H20FNO3S/c1-11-4-5-12(15)8-13(11)19-9-14(6-2-3-7-14)10-20(16,17)18/h4-5,8H,2-3,6-7,9-10H2,1H3,(H2,16,17,18). The Balaban J connectivity index is 2.11. The average Bonchev–Trinajstić information content (AvgIpc) is 2.77. The van der Waals surface area contributed by atoms with Crippen LogP contribution in [0.5, 0.6) is 5.75 Å². The highest BCUT2D eigenvalue weighted by molar-refractivity contribution is 7.89. The first-order chi connectivity index (χ1) is 9.30. The van der Waals surface area contributed by atoms with Gasteiger partial charge in [-0.1, -0.05) is 18.9 Å². The zero-order valence-corrected chi connectivity index (χ0v) is 12.4. The molecule has 0 unspecified atom stereocenters. The summed E-state index contributed by atoms with van der Waals surface area (Å²) >= 11 is 0. The van der Waals surface area contributed by atoms with Gasteiger partial charge in [0, 0.05) is 11.5 Å². The van der Waals surface area contributed by atoms with Crippen molar-refractivity contribution in [3.05, 3.63) is 29.6 Å². The third kappa shape index (κ3) is 3.93. The molecular weight excluding hydrogens is 281 g/mol. The molecule has 0 heterocycles. The molecule has 112 valence electrons. The quantitative estimate of drug-likeness (QED) is 0.907. The number of nitrogens with two attached hydrogens (primary N) is 1. The molecule has 0 bridgehead atoms. The van der Waals surface area contributed by atoms with Crippen LogP contribution >= 0.6 is 0 Å². The van der Waals surface area contributed by atoms with Crippen LogP contribution in [0.1, 0.15) is 31.2 Å². The van der Waals surface area contributed by atoms with Gasteiger partial charge in [-0.05, 0) is 31.4 Å². The number of ether oxygens (including phenoxy) is 1. The molecule has 6 heteroatoms. The summed E-state index contributed by atoms with van der Waals surface area (Å²) in [7, 11) is -3.54. The number of halogens is 1. The monoisotopic (exact) mass is 301 g/mol. The normalized spacial score (nSPS) is 18.1. The summed E-state index contributed by atoms with van der Waals surface area (Å²) in [5.74, 6) is 0.0252. The zero-order chi connectivity index (χ0) is 14.8. The van der Waals surface area contributed by atoms with Crippen LogP contribution in [0.2, 0.25) is 0 Å². The minimum Gasteiger partial charge on any atom is -0.493 e. The number of aryl methyl sites for hydroxylation is 1. The van der Waals surface area contributed by atoms with Gasteiger partial charge in [-0.25, -0.2) is 17.9 Å². The van der Waals surface area contributed by atoms with E-state index in [0.717, 1.165) is 31.2 Å². The first kappa shape index (κ1) is 15.3. The average molecular weight is 301 g/mol. The van der Waals surface area contributed by atoms with Gasteiger partial charge >= 0.3 is 0 Å². The van der Waals surface area contributed by atoms with Gasteiger partial charge in [0.25, 0.3) is 0 Å². The molecule has 20 heavy (non-hydrogen) atoms. The van der Waals surface area contributed by atoms with Crippen molar-refractivity contribution in [2.75, 3.05) is 12.4 Å². The van der Waals surface area contributed by atoms with E-state index in [1.807, 2.05) is 6.92 Å². The first-order valence-electron chi connectivity index (χ1n) is 6.69. The highest BCUT2D eigenvalue weighted by Crippen LogP contribution is 2.39. The van der Waals surface area contributed by atoms with Crippen LogP contribution in [-0.2, 0) is 10.0 Å². The molecule has 1 fully saturated rings. The van der Waals surface area contributed by atoms with Gasteiger partial charge in [0.05, 0.1) is 12.4 Å². The Labute approximate surface area is 119 Å². The summed E-state index contributed by atoms with van der Waals surface area (Å²) in [6.07, 6.45) is 3.50. The number of rotatable bonds is 5. The molecule has 1 aliphatic carbocycles. The largest absolute Gasteiger partial charge is 0.493 e. The van der Waals surface area contributed by atoms with E-state index in [2.05, 4.69) is 0 Å². The maximum Gasteiger partial charge on any atom is 0.209 e. The van der Waals surface area contributed by atoms with E-state index >= 15 is 0 Å². The fourth-order valence-corrected chi connectivity index (χ4v) is 4.07. The summed E-state index contributed by atoms with van der Waals surface area (Å²) in [4.78, 5) is 0. The van der Waals surface area contributed by atoms with Gasteiger partial charge in [0.15, 0.2) is 0 Å². The predicted molar refractivity (Wildman–Crippen MR) is 75.5 cm³/mol. The van der Waals surface area contributed by atoms with Gasteiger partial charge in [-0.15, -0.1) is 0 Å². The lowest BCUT2D eigenvalue weighted by atomic mass is 9.90. The lowest BCUT2D eigenvalue weighted by Crippen LogP contribution is -2.36. The fraction of sp³-hybridized carbons (Fsp3) is 0.571. The van der Waals surface area contributed by atoms with Gasteiger partial charge in [0.2, 0.25) is 10.0 Å². The summed E-state index contributed by atoms with van der Waals surface area (Å²) < 4.78 is 41.7. The number of hydrogen-bond donors (Lipinski definition) is 1. The first-order valence-corrected chi connectivity index (χ1v) is 8.41. The van der Waals surface area contributed by atoms with Crippen molar-refractivity contribution in [1.82, 2.24) is 0 Å². The second-order valence-corrected chi connectivity index (χ2v) is 7.33. The van der Waals surface area contributed by atoms with E-state index in [1.165, 1.54) is 12.1 Å². The molecule has 0 amide bonds. The lowest BCUT2D eigenvalue weighted by molar-refractivity contribution is 0.169. The second kappa shape index (κ2) is 5.69. The smallest absolute Gasteiger partial charge is 0.209 e. The van der Waals surface area contributed by atoms with Crippen molar-refractivity contribution in [1.29, 1.82) is 0 Å². The molecule has 2 rings (SSSR count). The van der Waals surface area contributed by atoms with Crippen LogP contribution in [0.15, 0.2) is 18.2 Å². The molecule has 0 spiro atoms. The van der Waals surface area contributed by atoms with E-state index in [0.29, 0.717) is 5.75 Å². The highest BCUT2D eigenvalue weighted by atomic mass is 32.2. The van der Waals surface area contributed by atoms with Crippen molar-refractivity contribution < 1.29 is 17.5 Å². The van der Waals surface area contributed by atoms with Crippen molar-refractivity contribution in [3.8, 4) is 5.75 Å². The molecule has 0 saturated heterocycles. The molecule has 1 aromatic carbocycles.